The zero-order valence-electron chi connectivity index (χ0n) is 13.1. The maximum Gasteiger partial charge on any atom is 0.220 e. The Labute approximate surface area is 124 Å². The number of hydrogen-bond acceptors (Lipinski definition) is 2. The van der Waals surface area contributed by atoms with E-state index in [-0.39, 0.29) is 5.91 Å². The molecule has 0 bridgehead atoms. The van der Waals surface area contributed by atoms with Crippen LogP contribution in [0, 0.1) is 17.8 Å². The summed E-state index contributed by atoms with van der Waals surface area (Å²) in [6.45, 7) is 5.53. The van der Waals surface area contributed by atoms with Crippen LogP contribution in [0.4, 0.5) is 0 Å². The quantitative estimate of drug-likeness (QED) is 0.785. The lowest BCUT2D eigenvalue weighted by atomic mass is 9.79. The first kappa shape index (κ1) is 15.8. The van der Waals surface area contributed by atoms with Crippen LogP contribution < -0.4 is 10.6 Å². The number of carbonyl (C=O) groups is 1. The molecule has 2 rings (SSSR count). The van der Waals surface area contributed by atoms with Crippen molar-refractivity contribution in [2.24, 2.45) is 17.8 Å². The van der Waals surface area contributed by atoms with Gasteiger partial charge in [0.15, 0.2) is 0 Å². The molecule has 1 amide bonds. The van der Waals surface area contributed by atoms with Gasteiger partial charge in [-0.15, -0.1) is 0 Å². The van der Waals surface area contributed by atoms with Crippen molar-refractivity contribution in [3.05, 3.63) is 0 Å². The summed E-state index contributed by atoms with van der Waals surface area (Å²) in [6, 6.07) is 0. The molecular formula is C17H32N2O. The van der Waals surface area contributed by atoms with Crippen molar-refractivity contribution < 1.29 is 4.79 Å². The topological polar surface area (TPSA) is 41.1 Å². The van der Waals surface area contributed by atoms with Gasteiger partial charge in [-0.25, -0.2) is 0 Å². The van der Waals surface area contributed by atoms with Gasteiger partial charge < -0.3 is 10.6 Å². The Hall–Kier alpha value is -0.570. The summed E-state index contributed by atoms with van der Waals surface area (Å²) in [5, 5.41) is 6.51. The molecule has 1 aliphatic heterocycles. The highest BCUT2D eigenvalue weighted by molar-refractivity contribution is 5.75. The van der Waals surface area contributed by atoms with E-state index in [1.54, 1.807) is 0 Å². The Kier molecular flexibility index (Phi) is 6.85. The lowest BCUT2D eigenvalue weighted by molar-refractivity contribution is -0.121. The third-order valence-electron chi connectivity index (χ3n) is 5.36. The van der Waals surface area contributed by atoms with Gasteiger partial charge in [-0.1, -0.05) is 32.6 Å². The minimum absolute atomic E-state index is 0.270. The second-order valence-corrected chi connectivity index (χ2v) is 6.89. The van der Waals surface area contributed by atoms with Gasteiger partial charge in [-0.2, -0.15) is 0 Å². The van der Waals surface area contributed by atoms with Crippen LogP contribution >= 0.6 is 0 Å². The molecule has 0 aromatic carbocycles. The molecule has 20 heavy (non-hydrogen) atoms. The highest BCUT2D eigenvalue weighted by Crippen LogP contribution is 2.31. The van der Waals surface area contributed by atoms with E-state index in [0.29, 0.717) is 0 Å². The van der Waals surface area contributed by atoms with E-state index in [2.05, 4.69) is 17.6 Å². The van der Waals surface area contributed by atoms with Crippen LogP contribution in [0.2, 0.25) is 0 Å². The van der Waals surface area contributed by atoms with Crippen LogP contribution in [0.15, 0.2) is 0 Å². The molecular weight excluding hydrogens is 248 g/mol. The van der Waals surface area contributed by atoms with Gasteiger partial charge in [0.05, 0.1) is 0 Å². The molecule has 0 spiro atoms. The van der Waals surface area contributed by atoms with Crippen LogP contribution in [-0.2, 0) is 4.79 Å². The predicted octanol–water partition coefficient (Wildman–Crippen LogP) is 3.10. The minimum Gasteiger partial charge on any atom is -0.356 e. The smallest absolute Gasteiger partial charge is 0.220 e. The van der Waals surface area contributed by atoms with Gasteiger partial charge in [0.25, 0.3) is 0 Å². The molecule has 1 aliphatic carbocycles. The second kappa shape index (κ2) is 8.66. The number of amides is 1. The molecule has 1 saturated carbocycles. The maximum absolute atomic E-state index is 11.9. The van der Waals surface area contributed by atoms with E-state index < -0.39 is 0 Å². The van der Waals surface area contributed by atoms with Crippen molar-refractivity contribution in [2.75, 3.05) is 19.6 Å². The van der Waals surface area contributed by atoms with E-state index in [1.807, 2.05) is 0 Å². The lowest BCUT2D eigenvalue weighted by Gasteiger charge is -2.28. The molecule has 0 radical (unpaired) electrons. The fourth-order valence-corrected chi connectivity index (χ4v) is 3.81. The number of rotatable bonds is 6. The summed E-state index contributed by atoms with van der Waals surface area (Å²) >= 11 is 0. The Morgan fingerprint density at radius 3 is 2.60 bits per heavy atom. The Morgan fingerprint density at radius 2 is 1.85 bits per heavy atom. The number of piperidine rings is 1. The van der Waals surface area contributed by atoms with E-state index in [9.17, 15) is 4.79 Å². The van der Waals surface area contributed by atoms with Gasteiger partial charge >= 0.3 is 0 Å². The van der Waals surface area contributed by atoms with Crippen LogP contribution in [-0.4, -0.2) is 25.5 Å². The van der Waals surface area contributed by atoms with Crippen LogP contribution in [0.25, 0.3) is 0 Å². The first-order chi connectivity index (χ1) is 9.75. The SMILES string of the molecule is CC1CCCCC1CCNC(=O)CCC1CCNCC1. The summed E-state index contributed by atoms with van der Waals surface area (Å²) in [5.74, 6) is 2.73. The average molecular weight is 280 g/mol. The second-order valence-electron chi connectivity index (χ2n) is 6.89. The zero-order valence-corrected chi connectivity index (χ0v) is 13.1. The van der Waals surface area contributed by atoms with E-state index in [0.717, 1.165) is 50.2 Å². The number of hydrogen-bond donors (Lipinski definition) is 2. The molecule has 3 nitrogen and oxygen atoms in total. The monoisotopic (exact) mass is 280 g/mol. The standard InChI is InChI=1S/C17H32N2O/c1-14-4-2-3-5-16(14)10-13-19-17(20)7-6-15-8-11-18-12-9-15/h14-16,18H,2-13H2,1H3,(H,19,20). The molecule has 0 aromatic heterocycles. The van der Waals surface area contributed by atoms with Gasteiger partial charge in [0.2, 0.25) is 5.91 Å². The third-order valence-corrected chi connectivity index (χ3v) is 5.36. The lowest BCUT2D eigenvalue weighted by Crippen LogP contribution is -2.30. The molecule has 2 unspecified atom stereocenters. The molecule has 3 heteroatoms. The maximum atomic E-state index is 11.9. The van der Waals surface area contributed by atoms with Crippen molar-refractivity contribution in [2.45, 2.75) is 64.7 Å². The summed E-state index contributed by atoms with van der Waals surface area (Å²) < 4.78 is 0. The largest absolute Gasteiger partial charge is 0.356 e. The van der Waals surface area contributed by atoms with Crippen molar-refractivity contribution in [1.29, 1.82) is 0 Å². The average Bonchev–Trinajstić information content (AvgIpc) is 2.48. The van der Waals surface area contributed by atoms with Crippen LogP contribution in [0.5, 0.6) is 0 Å². The normalized spacial score (nSPS) is 28.2. The van der Waals surface area contributed by atoms with E-state index >= 15 is 0 Å². The molecule has 2 N–H and O–H groups in total. The minimum atomic E-state index is 0.270. The van der Waals surface area contributed by atoms with Gasteiger partial charge in [-0.3, -0.25) is 4.79 Å². The summed E-state index contributed by atoms with van der Waals surface area (Å²) in [7, 11) is 0. The molecule has 1 saturated heterocycles. The predicted molar refractivity (Wildman–Crippen MR) is 83.6 cm³/mol. The van der Waals surface area contributed by atoms with Crippen molar-refractivity contribution in [3.63, 3.8) is 0 Å². The Morgan fingerprint density at radius 1 is 1.10 bits per heavy atom. The number of carbonyl (C=O) groups excluding carboxylic acids is 1. The van der Waals surface area contributed by atoms with Gasteiger partial charge in [-0.05, 0) is 56.5 Å². The molecule has 0 aromatic rings. The molecule has 2 atom stereocenters. The summed E-state index contributed by atoms with van der Waals surface area (Å²) in [4.78, 5) is 11.9. The molecule has 116 valence electrons. The van der Waals surface area contributed by atoms with Gasteiger partial charge in [0, 0.05) is 13.0 Å². The molecule has 2 fully saturated rings. The fraction of sp³-hybridized carbons (Fsp3) is 0.941. The highest BCUT2D eigenvalue weighted by Gasteiger charge is 2.21. The molecule has 1 heterocycles. The van der Waals surface area contributed by atoms with E-state index in [1.165, 1.54) is 44.9 Å². The van der Waals surface area contributed by atoms with Crippen LogP contribution in [0.3, 0.4) is 0 Å². The molecule has 2 aliphatic rings. The summed E-state index contributed by atoms with van der Waals surface area (Å²) in [5.41, 5.74) is 0. The number of nitrogens with one attached hydrogen (secondary N) is 2. The Bertz CT molecular complexity index is 287. The highest BCUT2D eigenvalue weighted by atomic mass is 16.1. The van der Waals surface area contributed by atoms with E-state index in [4.69, 9.17) is 0 Å². The zero-order chi connectivity index (χ0) is 14.2. The van der Waals surface area contributed by atoms with Crippen molar-refractivity contribution in [3.8, 4) is 0 Å². The first-order valence-corrected chi connectivity index (χ1v) is 8.73. The van der Waals surface area contributed by atoms with Gasteiger partial charge in [0.1, 0.15) is 0 Å². The van der Waals surface area contributed by atoms with Crippen molar-refractivity contribution >= 4 is 5.91 Å². The fourth-order valence-electron chi connectivity index (χ4n) is 3.81. The first-order valence-electron chi connectivity index (χ1n) is 8.73. The third kappa shape index (κ3) is 5.43. The van der Waals surface area contributed by atoms with Crippen molar-refractivity contribution in [1.82, 2.24) is 10.6 Å². The Balaban J connectivity index is 1.53. The summed E-state index contributed by atoms with van der Waals surface area (Å²) in [6.07, 6.45) is 11.0. The van der Waals surface area contributed by atoms with Crippen LogP contribution in [0.1, 0.15) is 64.7 Å².